The molecule has 0 saturated carbocycles. The van der Waals surface area contributed by atoms with E-state index in [0.29, 0.717) is 0 Å². The van der Waals surface area contributed by atoms with Crippen LogP contribution in [-0.4, -0.2) is 32.3 Å². The Hall–Kier alpha value is -2.15. The summed E-state index contributed by atoms with van der Waals surface area (Å²) in [5.74, 6) is -1.87. The van der Waals surface area contributed by atoms with Gasteiger partial charge in [0.2, 0.25) is 0 Å². The number of H-pyrrole nitrogens is 1. The van der Waals surface area contributed by atoms with Crippen molar-refractivity contribution in [1.29, 1.82) is 0 Å². The molecule has 1 unspecified atom stereocenters. The predicted molar refractivity (Wildman–Crippen MR) is 56.3 cm³/mol. The third kappa shape index (κ3) is 1.80. The van der Waals surface area contributed by atoms with Gasteiger partial charge in [0.05, 0.1) is 17.6 Å². The molecule has 1 atom stereocenters. The number of hydrogen-bond acceptors (Lipinski definition) is 3. The molecular weight excluding hydrogens is 231 g/mol. The lowest BCUT2D eigenvalue weighted by atomic mass is 10.2. The smallest absolute Gasteiger partial charge is 0.329 e. The van der Waals surface area contributed by atoms with Crippen molar-refractivity contribution >= 4 is 17.0 Å². The van der Waals surface area contributed by atoms with Crippen LogP contribution in [0.3, 0.4) is 0 Å². The van der Waals surface area contributed by atoms with Crippen molar-refractivity contribution in [1.82, 2.24) is 9.55 Å². The predicted octanol–water partition coefficient (Wildman–Crippen LogP) is 0.0867. The van der Waals surface area contributed by atoms with Gasteiger partial charge in [0.15, 0.2) is 6.04 Å². The number of imidazole rings is 1. The minimum atomic E-state index is -1.39. The van der Waals surface area contributed by atoms with E-state index in [1.54, 1.807) is 0 Å². The molecule has 0 bridgehead atoms. The molecular formula is C10H9FN2O4. The number of fused-ring (bicyclic) bond motifs is 1. The molecule has 2 rings (SSSR count). The molecule has 1 aromatic heterocycles. The second-order valence-electron chi connectivity index (χ2n) is 3.50. The summed E-state index contributed by atoms with van der Waals surface area (Å²) in [6.45, 7) is -0.723. The number of aromatic amines is 1. The first-order chi connectivity index (χ1) is 8.04. The Labute approximate surface area is 93.9 Å². The maximum Gasteiger partial charge on any atom is 0.329 e. The fourth-order valence-electron chi connectivity index (χ4n) is 1.68. The van der Waals surface area contributed by atoms with E-state index in [4.69, 9.17) is 10.2 Å². The molecule has 0 aliphatic carbocycles. The largest absolute Gasteiger partial charge is 0.480 e. The summed E-state index contributed by atoms with van der Waals surface area (Å²) in [4.78, 5) is 24.8. The van der Waals surface area contributed by atoms with Crippen LogP contribution < -0.4 is 5.69 Å². The van der Waals surface area contributed by atoms with Crippen molar-refractivity contribution in [3.63, 3.8) is 0 Å². The van der Waals surface area contributed by atoms with Crippen LogP contribution in [0.25, 0.3) is 11.0 Å². The minimum absolute atomic E-state index is 0.190. The molecule has 0 spiro atoms. The van der Waals surface area contributed by atoms with Gasteiger partial charge >= 0.3 is 11.7 Å². The first kappa shape index (κ1) is 11.3. The number of carboxylic acid groups (broad SMARTS) is 1. The number of aromatic nitrogens is 2. The van der Waals surface area contributed by atoms with Gasteiger partial charge in [-0.25, -0.2) is 14.0 Å². The average molecular weight is 240 g/mol. The van der Waals surface area contributed by atoms with Gasteiger partial charge in [0.25, 0.3) is 0 Å². The summed E-state index contributed by atoms with van der Waals surface area (Å²) in [6, 6.07) is 2.10. The molecule has 0 fully saturated rings. The first-order valence-corrected chi connectivity index (χ1v) is 4.78. The lowest BCUT2D eigenvalue weighted by Gasteiger charge is -2.10. The average Bonchev–Trinajstić information content (AvgIpc) is 2.55. The summed E-state index contributed by atoms with van der Waals surface area (Å²) < 4.78 is 13.8. The van der Waals surface area contributed by atoms with Gasteiger partial charge in [-0.1, -0.05) is 0 Å². The number of nitrogens with one attached hydrogen (secondary N) is 1. The number of aliphatic hydroxyl groups excluding tert-OH is 1. The van der Waals surface area contributed by atoms with E-state index in [2.05, 4.69) is 4.98 Å². The van der Waals surface area contributed by atoms with Crippen LogP contribution in [0, 0.1) is 5.82 Å². The number of carboxylic acids is 1. The van der Waals surface area contributed by atoms with Gasteiger partial charge in [-0.15, -0.1) is 0 Å². The zero-order chi connectivity index (χ0) is 12.6. The molecule has 0 amide bonds. The van der Waals surface area contributed by atoms with Gasteiger partial charge in [-0.2, -0.15) is 0 Å². The highest BCUT2D eigenvalue weighted by Gasteiger charge is 2.23. The van der Waals surface area contributed by atoms with Crippen LogP contribution >= 0.6 is 0 Å². The number of aliphatic carboxylic acids is 1. The third-order valence-corrected chi connectivity index (χ3v) is 2.45. The van der Waals surface area contributed by atoms with Crippen LogP contribution in [0.4, 0.5) is 4.39 Å². The summed E-state index contributed by atoms with van der Waals surface area (Å²) in [7, 11) is 0. The van der Waals surface area contributed by atoms with E-state index >= 15 is 0 Å². The molecule has 1 aromatic carbocycles. The molecule has 2 aromatic rings. The van der Waals surface area contributed by atoms with E-state index < -0.39 is 30.1 Å². The standard InChI is InChI=1S/C10H9FN2O4/c11-5-1-2-7-6(3-5)12-10(17)13(7)8(4-14)9(15)16/h1-3,8,14H,4H2,(H,12,17)(H,15,16). The van der Waals surface area contributed by atoms with Crippen LogP contribution in [0.1, 0.15) is 6.04 Å². The number of halogens is 1. The molecule has 0 saturated heterocycles. The maximum absolute atomic E-state index is 12.9. The van der Waals surface area contributed by atoms with E-state index in [-0.39, 0.29) is 11.0 Å². The minimum Gasteiger partial charge on any atom is -0.480 e. The fourth-order valence-corrected chi connectivity index (χ4v) is 1.68. The molecule has 6 nitrogen and oxygen atoms in total. The van der Waals surface area contributed by atoms with Gasteiger partial charge in [0, 0.05) is 0 Å². The van der Waals surface area contributed by atoms with Crippen LogP contribution in [0.5, 0.6) is 0 Å². The van der Waals surface area contributed by atoms with Gasteiger partial charge < -0.3 is 15.2 Å². The van der Waals surface area contributed by atoms with Crippen molar-refractivity contribution in [3.8, 4) is 0 Å². The molecule has 3 N–H and O–H groups in total. The van der Waals surface area contributed by atoms with Gasteiger partial charge in [-0.05, 0) is 18.2 Å². The van der Waals surface area contributed by atoms with Crippen molar-refractivity contribution in [2.24, 2.45) is 0 Å². The molecule has 90 valence electrons. The van der Waals surface area contributed by atoms with Crippen LogP contribution in [0.2, 0.25) is 0 Å². The lowest BCUT2D eigenvalue weighted by molar-refractivity contribution is -0.142. The molecule has 1 heterocycles. The highest BCUT2D eigenvalue weighted by molar-refractivity contribution is 5.79. The number of aliphatic hydroxyl groups is 1. The maximum atomic E-state index is 12.9. The van der Waals surface area contributed by atoms with Gasteiger partial charge in [-0.3, -0.25) is 4.57 Å². The molecule has 0 radical (unpaired) electrons. The monoisotopic (exact) mass is 240 g/mol. The third-order valence-electron chi connectivity index (χ3n) is 2.45. The Morgan fingerprint density at radius 1 is 1.53 bits per heavy atom. The van der Waals surface area contributed by atoms with Crippen molar-refractivity contribution in [3.05, 3.63) is 34.5 Å². The Kier molecular flexibility index (Phi) is 2.68. The van der Waals surface area contributed by atoms with Crippen molar-refractivity contribution in [2.75, 3.05) is 6.61 Å². The second kappa shape index (κ2) is 4.02. The quantitative estimate of drug-likeness (QED) is 0.708. The van der Waals surface area contributed by atoms with Crippen LogP contribution in [-0.2, 0) is 4.79 Å². The first-order valence-electron chi connectivity index (χ1n) is 4.78. The summed E-state index contributed by atoms with van der Waals surface area (Å²) >= 11 is 0. The molecule has 0 aliphatic rings. The highest BCUT2D eigenvalue weighted by atomic mass is 19.1. The van der Waals surface area contributed by atoms with E-state index in [1.165, 1.54) is 6.07 Å². The Bertz CT molecular complexity index is 631. The zero-order valence-corrected chi connectivity index (χ0v) is 8.55. The summed E-state index contributed by atoms with van der Waals surface area (Å²) in [6.07, 6.45) is 0. The second-order valence-corrected chi connectivity index (χ2v) is 3.50. The number of rotatable bonds is 3. The van der Waals surface area contributed by atoms with Crippen molar-refractivity contribution < 1.29 is 19.4 Å². The SMILES string of the molecule is O=C(O)C(CO)n1c(=O)[nH]c2cc(F)ccc21. The van der Waals surface area contributed by atoms with Crippen molar-refractivity contribution in [2.45, 2.75) is 6.04 Å². The topological polar surface area (TPSA) is 95.3 Å². The van der Waals surface area contributed by atoms with E-state index in [9.17, 15) is 14.0 Å². The number of benzene rings is 1. The Morgan fingerprint density at radius 3 is 2.82 bits per heavy atom. The number of nitrogens with zero attached hydrogens (tertiary/aromatic N) is 1. The zero-order valence-electron chi connectivity index (χ0n) is 8.55. The molecule has 0 aliphatic heterocycles. The normalized spacial score (nSPS) is 12.8. The highest BCUT2D eigenvalue weighted by Crippen LogP contribution is 2.16. The summed E-state index contributed by atoms with van der Waals surface area (Å²) in [5, 5.41) is 17.9. The summed E-state index contributed by atoms with van der Waals surface area (Å²) in [5.41, 5.74) is -0.278. The van der Waals surface area contributed by atoms with Crippen LogP contribution in [0.15, 0.2) is 23.0 Å². The number of hydrogen-bond donors (Lipinski definition) is 3. The Morgan fingerprint density at radius 2 is 2.24 bits per heavy atom. The molecule has 7 heteroatoms. The number of carbonyl (C=O) groups is 1. The van der Waals surface area contributed by atoms with E-state index in [0.717, 1.165) is 16.7 Å². The lowest BCUT2D eigenvalue weighted by Crippen LogP contribution is -2.30. The van der Waals surface area contributed by atoms with Gasteiger partial charge in [0.1, 0.15) is 5.82 Å². The van der Waals surface area contributed by atoms with E-state index in [1.807, 2.05) is 0 Å². The fraction of sp³-hybridized carbons (Fsp3) is 0.200. The Balaban J connectivity index is 2.72. The molecule has 17 heavy (non-hydrogen) atoms.